The molecule has 0 fully saturated rings. The van der Waals surface area contributed by atoms with Crippen LogP contribution in [0.4, 0.5) is 34.1 Å². The molecule has 0 N–H and O–H groups in total. The van der Waals surface area contributed by atoms with Gasteiger partial charge in [-0.05, 0) is 127 Å². The van der Waals surface area contributed by atoms with Crippen LogP contribution in [0.2, 0.25) is 0 Å². The fourth-order valence-corrected chi connectivity index (χ4v) is 9.82. The first-order valence-corrected chi connectivity index (χ1v) is 19.1. The van der Waals surface area contributed by atoms with Crippen LogP contribution < -0.4 is 9.80 Å². The predicted molar refractivity (Wildman–Crippen MR) is 219 cm³/mol. The van der Waals surface area contributed by atoms with Crippen molar-refractivity contribution in [2.75, 3.05) is 9.80 Å². The van der Waals surface area contributed by atoms with Crippen LogP contribution in [-0.4, -0.2) is 0 Å². The predicted octanol–water partition coefficient (Wildman–Crippen LogP) is 13.6. The first-order chi connectivity index (χ1) is 25.9. The first kappa shape index (κ1) is 32.7. The number of benzene rings is 7. The van der Waals surface area contributed by atoms with Gasteiger partial charge in [0.05, 0.1) is 57.4 Å². The highest BCUT2D eigenvalue weighted by molar-refractivity contribution is 8.00. The fourth-order valence-electron chi connectivity index (χ4n) is 7.41. The van der Waals surface area contributed by atoms with Crippen molar-refractivity contribution in [3.05, 3.63) is 167 Å². The molecule has 2 aliphatic rings. The zero-order chi connectivity index (χ0) is 36.2. The van der Waals surface area contributed by atoms with Crippen LogP contribution in [0, 0.1) is 43.4 Å². The van der Waals surface area contributed by atoms with Crippen LogP contribution in [0.1, 0.15) is 27.8 Å². The van der Waals surface area contributed by atoms with Crippen LogP contribution in [0.3, 0.4) is 0 Å². The Morgan fingerprint density at radius 2 is 0.925 bits per heavy atom. The lowest BCUT2D eigenvalue weighted by Gasteiger charge is -2.39. The third-order valence-corrected chi connectivity index (χ3v) is 12.0. The van der Waals surface area contributed by atoms with E-state index in [1.165, 1.54) is 36.3 Å². The molecule has 0 unspecified atom stereocenters. The van der Waals surface area contributed by atoms with Crippen molar-refractivity contribution < 1.29 is 0 Å². The molecule has 0 radical (unpaired) electrons. The molecule has 0 spiro atoms. The highest BCUT2D eigenvalue weighted by Gasteiger charge is 2.34. The normalized spacial score (nSPS) is 12.5. The van der Waals surface area contributed by atoms with E-state index < -0.39 is 0 Å². The van der Waals surface area contributed by atoms with Gasteiger partial charge in [-0.25, -0.2) is 0 Å². The van der Waals surface area contributed by atoms with Crippen molar-refractivity contribution in [2.45, 2.75) is 40.4 Å². The van der Waals surface area contributed by atoms with Crippen molar-refractivity contribution in [1.82, 2.24) is 0 Å². The van der Waals surface area contributed by atoms with Gasteiger partial charge in [0.2, 0.25) is 0 Å². The quantitative estimate of drug-likeness (QED) is 0.181. The number of nitrogens with zero attached hydrogens (tertiary/aromatic N) is 4. The van der Waals surface area contributed by atoms with Gasteiger partial charge in [0.15, 0.2) is 0 Å². The molecule has 0 bridgehead atoms. The summed E-state index contributed by atoms with van der Waals surface area (Å²) in [5.41, 5.74) is 14.9. The molecule has 53 heavy (non-hydrogen) atoms. The van der Waals surface area contributed by atoms with E-state index in [1.54, 1.807) is 23.5 Å². The summed E-state index contributed by atoms with van der Waals surface area (Å²) in [7, 11) is 0. The minimum Gasteiger partial charge on any atom is -0.308 e. The summed E-state index contributed by atoms with van der Waals surface area (Å²) in [6.07, 6.45) is 0. The fraction of sp³-hybridized carbons (Fsp3) is 0.0638. The lowest BCUT2D eigenvalue weighted by atomic mass is 9.90. The number of hydrogen-bond acceptors (Lipinski definition) is 6. The highest BCUT2D eigenvalue weighted by atomic mass is 32.2. The number of nitriles is 2. The van der Waals surface area contributed by atoms with E-state index in [1.807, 2.05) is 36.4 Å². The van der Waals surface area contributed by atoms with E-state index in [0.717, 1.165) is 56.4 Å². The summed E-state index contributed by atoms with van der Waals surface area (Å²) >= 11 is 3.59. The number of para-hydroxylation sites is 1. The molecule has 0 atom stereocenters. The molecule has 0 saturated heterocycles. The Labute approximate surface area is 318 Å². The number of fused-ring (bicyclic) bond motifs is 4. The Bertz CT molecular complexity index is 2670. The van der Waals surface area contributed by atoms with Gasteiger partial charge in [-0.15, -0.1) is 0 Å². The molecule has 2 heterocycles. The molecule has 7 aromatic rings. The van der Waals surface area contributed by atoms with E-state index >= 15 is 0 Å². The smallest absolute Gasteiger partial charge is 0.0991 e. The maximum atomic E-state index is 10.2. The van der Waals surface area contributed by atoms with Crippen molar-refractivity contribution in [3.63, 3.8) is 0 Å². The second-order valence-corrected chi connectivity index (χ2v) is 15.7. The maximum absolute atomic E-state index is 10.2. The lowest BCUT2D eigenvalue weighted by Crippen LogP contribution is -2.20. The average Bonchev–Trinajstić information content (AvgIpc) is 3.18. The van der Waals surface area contributed by atoms with Crippen LogP contribution >= 0.6 is 23.5 Å². The molecule has 0 saturated carbocycles. The van der Waals surface area contributed by atoms with Crippen molar-refractivity contribution >= 4 is 57.6 Å². The average molecular weight is 717 g/mol. The molecule has 6 heteroatoms. The van der Waals surface area contributed by atoms with Crippen LogP contribution in [0.25, 0.3) is 22.3 Å². The third kappa shape index (κ3) is 5.65. The molecule has 0 aromatic heterocycles. The van der Waals surface area contributed by atoms with Gasteiger partial charge in [-0.3, -0.25) is 0 Å². The largest absolute Gasteiger partial charge is 0.308 e. The van der Waals surface area contributed by atoms with E-state index in [-0.39, 0.29) is 0 Å². The minimum atomic E-state index is 0.586. The standard InChI is InChI=1S/C47H32N4S2/c1-29-14-18-38-43(22-29)52-42-13-5-4-12-37(42)50(38)41-21-17-36(34-10-6-8-32(25-34)27-48)47(46(41)35-11-7-9-33(26-35)28-49)51-39-19-15-30(2)23-44(39)53-45-24-31(3)16-20-40(45)51/h4-26H,1-3H3. The molecule has 0 aliphatic carbocycles. The maximum Gasteiger partial charge on any atom is 0.0991 e. The molecule has 4 nitrogen and oxygen atoms in total. The highest BCUT2D eigenvalue weighted by Crippen LogP contribution is 2.60. The van der Waals surface area contributed by atoms with E-state index in [2.05, 4.69) is 146 Å². The third-order valence-electron chi connectivity index (χ3n) is 9.82. The zero-order valence-electron chi connectivity index (χ0n) is 29.4. The second kappa shape index (κ2) is 13.1. The zero-order valence-corrected chi connectivity index (χ0v) is 31.0. The van der Waals surface area contributed by atoms with Gasteiger partial charge in [-0.1, -0.05) is 84.2 Å². The summed E-state index contributed by atoms with van der Waals surface area (Å²) in [6, 6.07) is 53.6. The van der Waals surface area contributed by atoms with Gasteiger partial charge in [0.25, 0.3) is 0 Å². The van der Waals surface area contributed by atoms with Gasteiger partial charge in [0.1, 0.15) is 0 Å². The van der Waals surface area contributed by atoms with Crippen LogP contribution in [0.15, 0.2) is 159 Å². The molecule has 0 amide bonds. The number of anilines is 6. The van der Waals surface area contributed by atoms with Crippen LogP contribution in [0.5, 0.6) is 0 Å². The van der Waals surface area contributed by atoms with Crippen LogP contribution in [-0.2, 0) is 0 Å². The molecular formula is C47H32N4S2. The Hall–Kier alpha value is -6.18. The summed E-state index contributed by atoms with van der Waals surface area (Å²) in [5, 5.41) is 20.3. The minimum absolute atomic E-state index is 0.586. The number of aryl methyl sites for hydroxylation is 3. The summed E-state index contributed by atoms with van der Waals surface area (Å²) in [6.45, 7) is 6.42. The molecule has 252 valence electrons. The monoisotopic (exact) mass is 716 g/mol. The SMILES string of the molecule is Cc1ccc2c(c1)Sc1ccccc1N2c1ccc(-c2cccc(C#N)c2)c(N2c3ccc(C)cc3Sc3cc(C)ccc32)c1-c1cccc(C#N)c1. The van der Waals surface area contributed by atoms with E-state index in [9.17, 15) is 10.5 Å². The first-order valence-electron chi connectivity index (χ1n) is 17.5. The van der Waals surface area contributed by atoms with Gasteiger partial charge in [-0.2, -0.15) is 10.5 Å². The lowest BCUT2D eigenvalue weighted by molar-refractivity contribution is 1.13. The Kier molecular flexibility index (Phi) is 8.09. The van der Waals surface area contributed by atoms with Crippen molar-refractivity contribution in [3.8, 4) is 34.4 Å². The van der Waals surface area contributed by atoms with Crippen molar-refractivity contribution in [1.29, 1.82) is 10.5 Å². The van der Waals surface area contributed by atoms with Crippen molar-refractivity contribution in [2.24, 2.45) is 0 Å². The molecule has 7 aromatic carbocycles. The Morgan fingerprint density at radius 3 is 1.53 bits per heavy atom. The molecule has 2 aliphatic heterocycles. The second-order valence-electron chi connectivity index (χ2n) is 13.5. The van der Waals surface area contributed by atoms with E-state index in [0.29, 0.717) is 11.1 Å². The van der Waals surface area contributed by atoms with E-state index in [4.69, 9.17) is 0 Å². The summed E-state index contributed by atoms with van der Waals surface area (Å²) in [4.78, 5) is 9.49. The summed E-state index contributed by atoms with van der Waals surface area (Å²) in [5.74, 6) is 0. The number of rotatable bonds is 4. The van der Waals surface area contributed by atoms with Gasteiger partial charge in [0, 0.05) is 30.7 Å². The molecule has 9 rings (SSSR count). The number of hydrogen-bond donors (Lipinski definition) is 0. The topological polar surface area (TPSA) is 54.1 Å². The Morgan fingerprint density at radius 1 is 0.434 bits per heavy atom. The van der Waals surface area contributed by atoms with Gasteiger partial charge >= 0.3 is 0 Å². The summed E-state index contributed by atoms with van der Waals surface area (Å²) < 4.78 is 0. The molecular weight excluding hydrogens is 685 g/mol. The Balaban J connectivity index is 1.47. The van der Waals surface area contributed by atoms with Gasteiger partial charge < -0.3 is 9.80 Å².